The Balaban J connectivity index is 1.41. The van der Waals surface area contributed by atoms with Gasteiger partial charge in [0.2, 0.25) is 5.91 Å². The molecule has 0 aromatic heterocycles. The molecule has 0 heterocycles. The van der Waals surface area contributed by atoms with Crippen molar-refractivity contribution in [1.82, 2.24) is 10.6 Å². The van der Waals surface area contributed by atoms with E-state index in [1.165, 1.54) is 0 Å². The summed E-state index contributed by atoms with van der Waals surface area (Å²) in [5, 5.41) is 14.7. The average Bonchev–Trinajstić information content (AvgIpc) is 3.60. The Bertz CT molecular complexity index is 1010. The molecule has 7 nitrogen and oxygen atoms in total. The van der Waals surface area contributed by atoms with Gasteiger partial charge in [0.25, 0.3) is 0 Å². The van der Waals surface area contributed by atoms with Gasteiger partial charge in [0.1, 0.15) is 12.6 Å². The molecule has 2 aliphatic rings. The molecule has 1 fully saturated rings. The molecule has 34 heavy (non-hydrogen) atoms. The number of hydrogen-bond donors (Lipinski definition) is 3. The Morgan fingerprint density at radius 2 is 1.56 bits per heavy atom. The molecule has 7 heteroatoms. The second kappa shape index (κ2) is 10.3. The van der Waals surface area contributed by atoms with Crippen LogP contribution in [-0.2, 0) is 14.3 Å². The molecule has 2 amide bonds. The number of hydrogen-bond acceptors (Lipinski definition) is 4. The maximum absolute atomic E-state index is 13.0. The molecule has 0 spiro atoms. The molecule has 0 saturated heterocycles. The van der Waals surface area contributed by atoms with Gasteiger partial charge in [-0.1, -0.05) is 62.4 Å². The number of carboxylic acids is 1. The minimum Gasteiger partial charge on any atom is -0.481 e. The fraction of sp³-hybridized carbons (Fsp3) is 0.444. The molecular formula is C27H32N2O5. The zero-order valence-electron chi connectivity index (χ0n) is 19.6. The van der Waals surface area contributed by atoms with Crippen molar-refractivity contribution in [2.45, 2.75) is 57.5 Å². The second-order valence-corrected chi connectivity index (χ2v) is 9.57. The predicted octanol–water partition coefficient (Wildman–Crippen LogP) is 4.31. The monoisotopic (exact) mass is 464 g/mol. The smallest absolute Gasteiger partial charge is 0.407 e. The molecule has 2 aromatic rings. The van der Waals surface area contributed by atoms with Crippen molar-refractivity contribution in [2.75, 3.05) is 6.61 Å². The van der Waals surface area contributed by atoms with E-state index in [9.17, 15) is 14.4 Å². The topological polar surface area (TPSA) is 105 Å². The zero-order chi connectivity index (χ0) is 24.2. The van der Waals surface area contributed by atoms with Gasteiger partial charge in [-0.25, -0.2) is 4.79 Å². The van der Waals surface area contributed by atoms with E-state index in [4.69, 9.17) is 9.84 Å². The van der Waals surface area contributed by atoms with E-state index in [-0.39, 0.29) is 43.2 Å². The third-order valence-corrected chi connectivity index (χ3v) is 6.76. The van der Waals surface area contributed by atoms with Gasteiger partial charge in [-0.3, -0.25) is 9.59 Å². The Hall–Kier alpha value is -3.35. The molecule has 2 atom stereocenters. The van der Waals surface area contributed by atoms with Gasteiger partial charge in [0, 0.05) is 18.4 Å². The van der Waals surface area contributed by atoms with Crippen LogP contribution in [0, 0.1) is 11.8 Å². The molecule has 2 aliphatic carbocycles. The quantitative estimate of drug-likeness (QED) is 0.486. The summed E-state index contributed by atoms with van der Waals surface area (Å²) in [4.78, 5) is 36.8. The Labute approximate surface area is 199 Å². The summed E-state index contributed by atoms with van der Waals surface area (Å²) in [5.41, 5.74) is 4.46. The van der Waals surface area contributed by atoms with Crippen LogP contribution in [0.25, 0.3) is 11.1 Å². The van der Waals surface area contributed by atoms with E-state index in [0.29, 0.717) is 5.92 Å². The molecular weight excluding hydrogens is 432 g/mol. The summed E-state index contributed by atoms with van der Waals surface area (Å²) < 4.78 is 5.56. The lowest BCUT2D eigenvalue weighted by molar-refractivity contribution is -0.137. The van der Waals surface area contributed by atoms with Gasteiger partial charge in [0.15, 0.2) is 0 Å². The predicted molar refractivity (Wildman–Crippen MR) is 128 cm³/mol. The van der Waals surface area contributed by atoms with Crippen LogP contribution < -0.4 is 10.6 Å². The Kier molecular flexibility index (Phi) is 7.20. The van der Waals surface area contributed by atoms with Gasteiger partial charge >= 0.3 is 12.1 Å². The molecule has 0 aliphatic heterocycles. The minimum atomic E-state index is -1.02. The van der Waals surface area contributed by atoms with Crippen molar-refractivity contribution in [2.24, 2.45) is 11.8 Å². The molecule has 1 saturated carbocycles. The Morgan fingerprint density at radius 1 is 0.971 bits per heavy atom. The lowest BCUT2D eigenvalue weighted by Crippen LogP contribution is -2.51. The first-order chi connectivity index (χ1) is 16.3. The van der Waals surface area contributed by atoms with Crippen LogP contribution in [0.3, 0.4) is 0 Å². The second-order valence-electron chi connectivity index (χ2n) is 9.57. The summed E-state index contributed by atoms with van der Waals surface area (Å²) in [6, 6.07) is 15.2. The number of ether oxygens (including phenoxy) is 1. The van der Waals surface area contributed by atoms with Gasteiger partial charge in [-0.05, 0) is 53.4 Å². The summed E-state index contributed by atoms with van der Waals surface area (Å²) in [5.74, 6) is -0.774. The highest BCUT2D eigenvalue weighted by Gasteiger charge is 2.36. The molecule has 4 rings (SSSR count). The van der Waals surface area contributed by atoms with Crippen molar-refractivity contribution in [3.8, 4) is 11.1 Å². The fourth-order valence-electron chi connectivity index (χ4n) is 4.87. The van der Waals surface area contributed by atoms with Crippen LogP contribution in [0.2, 0.25) is 0 Å². The van der Waals surface area contributed by atoms with E-state index in [2.05, 4.69) is 36.6 Å². The standard InChI is InChI=1S/C27H32N2O5/c1-16(2)25(17-11-12-17)29-26(32)23(13-14-24(30)31)28-27(33)34-15-22-20-9-5-3-7-18(20)19-8-4-6-10-21(19)22/h3-10,16-17,22-23,25H,11-15H2,1-2H3,(H,28,33)(H,29,32)(H,30,31). The van der Waals surface area contributed by atoms with E-state index >= 15 is 0 Å². The first-order valence-corrected chi connectivity index (χ1v) is 12.0. The lowest BCUT2D eigenvalue weighted by Gasteiger charge is -2.26. The first kappa shape index (κ1) is 23.8. The largest absolute Gasteiger partial charge is 0.481 e. The van der Waals surface area contributed by atoms with Crippen molar-refractivity contribution in [3.05, 3.63) is 59.7 Å². The number of nitrogens with one attached hydrogen (secondary N) is 2. The summed E-state index contributed by atoms with van der Waals surface area (Å²) in [6.07, 6.45) is 1.20. The highest BCUT2D eigenvalue weighted by atomic mass is 16.5. The van der Waals surface area contributed by atoms with E-state index in [0.717, 1.165) is 35.1 Å². The molecule has 0 bridgehead atoms. The third-order valence-electron chi connectivity index (χ3n) is 6.76. The molecule has 0 radical (unpaired) electrons. The number of carbonyl (C=O) groups is 3. The van der Waals surface area contributed by atoms with Crippen LogP contribution in [0.5, 0.6) is 0 Å². The van der Waals surface area contributed by atoms with Crippen LogP contribution in [0.15, 0.2) is 48.5 Å². The zero-order valence-corrected chi connectivity index (χ0v) is 19.6. The highest BCUT2D eigenvalue weighted by molar-refractivity contribution is 5.86. The first-order valence-electron chi connectivity index (χ1n) is 12.0. The minimum absolute atomic E-state index is 0.000837. The number of benzene rings is 2. The summed E-state index contributed by atoms with van der Waals surface area (Å²) >= 11 is 0. The third kappa shape index (κ3) is 5.41. The molecule has 180 valence electrons. The number of alkyl carbamates (subject to hydrolysis) is 1. The molecule has 2 unspecified atom stereocenters. The van der Waals surface area contributed by atoms with Gasteiger partial charge in [-0.2, -0.15) is 0 Å². The normalized spacial score (nSPS) is 16.3. The van der Waals surface area contributed by atoms with E-state index in [1.807, 2.05) is 36.4 Å². The number of rotatable bonds is 10. The molecule has 3 N–H and O–H groups in total. The SMILES string of the molecule is CC(C)C(NC(=O)C(CCC(=O)O)NC(=O)OCC1c2ccccc2-c2ccccc21)C1CC1. The van der Waals surface area contributed by atoms with Crippen molar-refractivity contribution in [1.29, 1.82) is 0 Å². The van der Waals surface area contributed by atoms with E-state index < -0.39 is 18.1 Å². The van der Waals surface area contributed by atoms with E-state index in [1.54, 1.807) is 0 Å². The number of fused-ring (bicyclic) bond motifs is 3. The van der Waals surface area contributed by atoms with Crippen LogP contribution in [0.4, 0.5) is 4.79 Å². The van der Waals surface area contributed by atoms with Gasteiger partial charge in [0.05, 0.1) is 0 Å². The van der Waals surface area contributed by atoms with Crippen LogP contribution >= 0.6 is 0 Å². The maximum atomic E-state index is 13.0. The highest BCUT2D eigenvalue weighted by Crippen LogP contribution is 2.44. The number of carboxylic acid groups (broad SMARTS) is 1. The summed E-state index contributed by atoms with van der Waals surface area (Å²) in [7, 11) is 0. The average molecular weight is 465 g/mol. The van der Waals surface area contributed by atoms with Gasteiger partial charge < -0.3 is 20.5 Å². The number of aliphatic carboxylic acids is 1. The summed E-state index contributed by atoms with van der Waals surface area (Å²) in [6.45, 7) is 4.23. The van der Waals surface area contributed by atoms with Crippen LogP contribution in [-0.4, -0.2) is 41.8 Å². The van der Waals surface area contributed by atoms with Crippen molar-refractivity contribution >= 4 is 18.0 Å². The fourth-order valence-corrected chi connectivity index (χ4v) is 4.87. The maximum Gasteiger partial charge on any atom is 0.407 e. The Morgan fingerprint density at radius 3 is 2.09 bits per heavy atom. The van der Waals surface area contributed by atoms with Gasteiger partial charge in [-0.15, -0.1) is 0 Å². The number of amides is 2. The van der Waals surface area contributed by atoms with Crippen molar-refractivity contribution < 1.29 is 24.2 Å². The molecule has 2 aromatic carbocycles. The number of carbonyl (C=O) groups excluding carboxylic acids is 2. The lowest BCUT2D eigenvalue weighted by atomic mass is 9.98. The van der Waals surface area contributed by atoms with Crippen molar-refractivity contribution in [3.63, 3.8) is 0 Å². The van der Waals surface area contributed by atoms with Crippen LogP contribution in [0.1, 0.15) is 56.6 Å².